The van der Waals surface area contributed by atoms with Gasteiger partial charge in [-0.2, -0.15) is 0 Å². The van der Waals surface area contributed by atoms with Crippen molar-refractivity contribution >= 4 is 5.97 Å². The average molecular weight is 201 g/mol. The van der Waals surface area contributed by atoms with Crippen molar-refractivity contribution in [3.05, 3.63) is 12.7 Å². The first-order chi connectivity index (χ1) is 6.70. The molecule has 0 aromatic rings. The number of hydrogen-bond acceptors (Lipinski definition) is 4. The number of hydrogen-bond donors (Lipinski definition) is 2. The summed E-state index contributed by atoms with van der Waals surface area (Å²) in [5.41, 5.74) is 0. The molecular formula is C10H19NO3. The van der Waals surface area contributed by atoms with Gasteiger partial charge in [-0.25, -0.2) is 4.79 Å². The van der Waals surface area contributed by atoms with Crippen LogP contribution in [0.4, 0.5) is 0 Å². The molecular weight excluding hydrogens is 182 g/mol. The molecule has 1 atom stereocenters. The van der Waals surface area contributed by atoms with Crippen LogP contribution in [0.25, 0.3) is 0 Å². The Kier molecular flexibility index (Phi) is 8.17. The molecule has 82 valence electrons. The minimum Gasteiger partial charge on any atom is -0.460 e. The molecule has 0 fully saturated rings. The van der Waals surface area contributed by atoms with Crippen molar-refractivity contribution in [1.29, 1.82) is 0 Å². The van der Waals surface area contributed by atoms with E-state index in [0.717, 1.165) is 25.5 Å². The Morgan fingerprint density at radius 1 is 1.71 bits per heavy atom. The molecule has 0 heterocycles. The van der Waals surface area contributed by atoms with Gasteiger partial charge in [0.25, 0.3) is 0 Å². The summed E-state index contributed by atoms with van der Waals surface area (Å²) in [6, 6.07) is 0. The van der Waals surface area contributed by atoms with Gasteiger partial charge in [-0.3, -0.25) is 0 Å². The summed E-state index contributed by atoms with van der Waals surface area (Å²) in [6.45, 7) is 6.70. The molecule has 0 aliphatic carbocycles. The quantitative estimate of drug-likeness (QED) is 0.340. The molecule has 0 saturated heterocycles. The lowest BCUT2D eigenvalue weighted by atomic mass is 10.3. The maximum absolute atomic E-state index is 10.6. The molecule has 0 radical (unpaired) electrons. The van der Waals surface area contributed by atoms with Gasteiger partial charge in [-0.05, 0) is 13.0 Å². The van der Waals surface area contributed by atoms with Crippen LogP contribution in [0.2, 0.25) is 0 Å². The molecule has 0 aliphatic rings. The van der Waals surface area contributed by atoms with Crippen LogP contribution in [-0.2, 0) is 9.53 Å². The smallest absolute Gasteiger partial charge is 0.330 e. The fourth-order valence-electron chi connectivity index (χ4n) is 0.867. The monoisotopic (exact) mass is 201 g/mol. The molecule has 0 rings (SSSR count). The summed E-state index contributed by atoms with van der Waals surface area (Å²) in [5.74, 6) is -0.502. The summed E-state index contributed by atoms with van der Waals surface area (Å²) in [7, 11) is 0. The SMILES string of the molecule is C=CC(=O)OCC(O)CNCCCC. The summed E-state index contributed by atoms with van der Waals surface area (Å²) in [4.78, 5) is 10.6. The number of carbonyl (C=O) groups excluding carboxylic acids is 1. The highest BCUT2D eigenvalue weighted by Gasteiger charge is 2.05. The standard InChI is InChI=1S/C10H19NO3/c1-3-5-6-11-7-9(12)8-14-10(13)4-2/h4,9,11-12H,2-3,5-8H2,1H3. The number of ether oxygens (including phenoxy) is 1. The van der Waals surface area contributed by atoms with E-state index in [2.05, 4.69) is 23.6 Å². The fourth-order valence-corrected chi connectivity index (χ4v) is 0.867. The lowest BCUT2D eigenvalue weighted by Crippen LogP contribution is -2.31. The van der Waals surface area contributed by atoms with E-state index in [9.17, 15) is 9.90 Å². The molecule has 1 unspecified atom stereocenters. The van der Waals surface area contributed by atoms with Crippen molar-refractivity contribution < 1.29 is 14.6 Å². The lowest BCUT2D eigenvalue weighted by molar-refractivity contribution is -0.140. The minimum atomic E-state index is -0.643. The van der Waals surface area contributed by atoms with E-state index in [4.69, 9.17) is 0 Å². The molecule has 0 amide bonds. The van der Waals surface area contributed by atoms with Gasteiger partial charge in [0.05, 0.1) is 0 Å². The zero-order valence-corrected chi connectivity index (χ0v) is 8.66. The third-order valence-electron chi connectivity index (χ3n) is 1.67. The van der Waals surface area contributed by atoms with Gasteiger partial charge in [-0.15, -0.1) is 0 Å². The van der Waals surface area contributed by atoms with E-state index in [1.165, 1.54) is 0 Å². The molecule has 0 saturated carbocycles. The van der Waals surface area contributed by atoms with Crippen molar-refractivity contribution in [2.24, 2.45) is 0 Å². The molecule has 0 aromatic carbocycles. The van der Waals surface area contributed by atoms with E-state index < -0.39 is 12.1 Å². The molecule has 4 nitrogen and oxygen atoms in total. The lowest BCUT2D eigenvalue weighted by Gasteiger charge is -2.11. The zero-order chi connectivity index (χ0) is 10.8. The van der Waals surface area contributed by atoms with Crippen molar-refractivity contribution in [1.82, 2.24) is 5.32 Å². The van der Waals surface area contributed by atoms with E-state index >= 15 is 0 Å². The zero-order valence-electron chi connectivity index (χ0n) is 8.66. The van der Waals surface area contributed by atoms with Crippen molar-refractivity contribution in [2.75, 3.05) is 19.7 Å². The van der Waals surface area contributed by atoms with E-state index in [0.29, 0.717) is 6.54 Å². The highest BCUT2D eigenvalue weighted by molar-refractivity contribution is 5.81. The van der Waals surface area contributed by atoms with Gasteiger partial charge in [0.2, 0.25) is 0 Å². The first kappa shape index (κ1) is 13.1. The van der Waals surface area contributed by atoms with Gasteiger partial charge in [0, 0.05) is 12.6 Å². The Hall–Kier alpha value is -0.870. The number of aliphatic hydroxyl groups excluding tert-OH is 1. The highest BCUT2D eigenvalue weighted by atomic mass is 16.5. The number of aliphatic hydroxyl groups is 1. The molecule has 0 spiro atoms. The third-order valence-corrected chi connectivity index (χ3v) is 1.67. The summed E-state index contributed by atoms with van der Waals surface area (Å²) < 4.78 is 4.66. The average Bonchev–Trinajstić information content (AvgIpc) is 2.21. The Balaban J connectivity index is 3.31. The van der Waals surface area contributed by atoms with Crippen LogP contribution in [0.3, 0.4) is 0 Å². The normalized spacial score (nSPS) is 12.1. The van der Waals surface area contributed by atoms with Crippen LogP contribution in [0.15, 0.2) is 12.7 Å². The van der Waals surface area contributed by atoms with Gasteiger partial charge >= 0.3 is 5.97 Å². The van der Waals surface area contributed by atoms with Crippen molar-refractivity contribution in [3.63, 3.8) is 0 Å². The second-order valence-electron chi connectivity index (χ2n) is 3.05. The van der Waals surface area contributed by atoms with Crippen LogP contribution in [-0.4, -0.2) is 36.9 Å². The molecule has 0 aliphatic heterocycles. The Bertz CT molecular complexity index is 171. The van der Waals surface area contributed by atoms with E-state index in [1.54, 1.807) is 0 Å². The predicted octanol–water partition coefficient (Wildman–Crippen LogP) is 0.466. The maximum atomic E-state index is 10.6. The molecule has 4 heteroatoms. The molecule has 2 N–H and O–H groups in total. The Morgan fingerprint density at radius 2 is 2.43 bits per heavy atom. The van der Waals surface area contributed by atoms with Crippen LogP contribution >= 0.6 is 0 Å². The summed E-state index contributed by atoms with van der Waals surface area (Å²) in [6.07, 6.45) is 2.64. The molecule has 14 heavy (non-hydrogen) atoms. The highest BCUT2D eigenvalue weighted by Crippen LogP contribution is 1.87. The predicted molar refractivity (Wildman–Crippen MR) is 54.9 cm³/mol. The number of unbranched alkanes of at least 4 members (excludes halogenated alkanes) is 1. The van der Waals surface area contributed by atoms with Crippen molar-refractivity contribution in [3.8, 4) is 0 Å². The van der Waals surface area contributed by atoms with E-state index in [-0.39, 0.29) is 6.61 Å². The first-order valence-electron chi connectivity index (χ1n) is 4.88. The van der Waals surface area contributed by atoms with Gasteiger partial charge < -0.3 is 15.2 Å². The number of nitrogens with one attached hydrogen (secondary N) is 1. The Morgan fingerprint density at radius 3 is 3.00 bits per heavy atom. The number of rotatable bonds is 8. The van der Waals surface area contributed by atoms with Crippen LogP contribution in [0.1, 0.15) is 19.8 Å². The number of esters is 1. The van der Waals surface area contributed by atoms with E-state index in [1.807, 2.05) is 0 Å². The van der Waals surface area contributed by atoms with Crippen LogP contribution in [0, 0.1) is 0 Å². The summed E-state index contributed by atoms with van der Waals surface area (Å²) >= 11 is 0. The minimum absolute atomic E-state index is 0.0178. The van der Waals surface area contributed by atoms with Crippen LogP contribution in [0.5, 0.6) is 0 Å². The van der Waals surface area contributed by atoms with Gasteiger partial charge in [0.15, 0.2) is 0 Å². The third kappa shape index (κ3) is 7.76. The van der Waals surface area contributed by atoms with Crippen molar-refractivity contribution in [2.45, 2.75) is 25.9 Å². The molecule has 0 aromatic heterocycles. The maximum Gasteiger partial charge on any atom is 0.330 e. The largest absolute Gasteiger partial charge is 0.460 e. The number of carbonyl (C=O) groups is 1. The second kappa shape index (κ2) is 8.72. The van der Waals surface area contributed by atoms with Gasteiger partial charge in [0.1, 0.15) is 12.7 Å². The Labute approximate surface area is 85.0 Å². The fraction of sp³-hybridized carbons (Fsp3) is 0.700. The first-order valence-corrected chi connectivity index (χ1v) is 4.88. The van der Waals surface area contributed by atoms with Crippen LogP contribution < -0.4 is 5.32 Å². The van der Waals surface area contributed by atoms with Gasteiger partial charge in [-0.1, -0.05) is 19.9 Å². The second-order valence-corrected chi connectivity index (χ2v) is 3.05. The topological polar surface area (TPSA) is 58.6 Å². The summed E-state index contributed by atoms with van der Waals surface area (Å²) in [5, 5.41) is 12.4. The molecule has 0 bridgehead atoms.